The van der Waals surface area contributed by atoms with Gasteiger partial charge in [0.15, 0.2) is 0 Å². The number of ether oxygens (including phenoxy) is 2. The number of nitrogens with zero attached hydrogens (tertiary/aromatic N) is 1. The van der Waals surface area contributed by atoms with Gasteiger partial charge in [0.05, 0.1) is 5.69 Å². The number of rotatable bonds is 8. The quantitative estimate of drug-likeness (QED) is 0.654. The van der Waals surface area contributed by atoms with Crippen LogP contribution in [0.5, 0.6) is 11.5 Å². The van der Waals surface area contributed by atoms with Crippen molar-refractivity contribution in [2.45, 2.75) is 25.6 Å². The molecule has 8 heteroatoms. The van der Waals surface area contributed by atoms with Crippen LogP contribution in [0.3, 0.4) is 0 Å². The number of carbonyl (C=O) groups is 1. The van der Waals surface area contributed by atoms with Crippen molar-refractivity contribution in [2.24, 2.45) is 0 Å². The molecule has 2 N–H and O–H groups in total. The highest BCUT2D eigenvalue weighted by molar-refractivity contribution is 6.31. The third-order valence-corrected chi connectivity index (χ3v) is 4.99. The van der Waals surface area contributed by atoms with E-state index in [1.807, 2.05) is 12.1 Å². The molecule has 1 saturated heterocycles. The summed E-state index contributed by atoms with van der Waals surface area (Å²) in [5.41, 5.74) is 0.481. The topological polar surface area (TPSA) is 71.0 Å². The molecule has 1 heterocycles. The van der Waals surface area contributed by atoms with Crippen molar-refractivity contribution in [3.63, 3.8) is 0 Å². The summed E-state index contributed by atoms with van der Waals surface area (Å²) < 4.78 is 11.7. The Labute approximate surface area is 180 Å². The fourth-order valence-corrected chi connectivity index (χ4v) is 3.51. The second-order valence-electron chi connectivity index (χ2n) is 7.03. The molecule has 2 aromatic carbocycles. The zero-order chi connectivity index (χ0) is 20.8. The Morgan fingerprint density at radius 1 is 1.24 bits per heavy atom. The smallest absolute Gasteiger partial charge is 0.221 e. The number of hydrogen-bond acceptors (Lipinski definition) is 5. The Morgan fingerprint density at radius 3 is 2.69 bits per heavy atom. The Balaban J connectivity index is 1.46. The molecule has 1 aliphatic heterocycles. The molecule has 6 nitrogen and oxygen atoms in total. The van der Waals surface area contributed by atoms with Crippen molar-refractivity contribution in [1.29, 1.82) is 0 Å². The van der Waals surface area contributed by atoms with Gasteiger partial charge in [-0.15, -0.1) is 0 Å². The fourth-order valence-electron chi connectivity index (χ4n) is 3.22. The van der Waals surface area contributed by atoms with Crippen molar-refractivity contribution in [3.8, 4) is 11.5 Å². The van der Waals surface area contributed by atoms with Crippen LogP contribution in [0, 0.1) is 0 Å². The molecular formula is C21H24Cl2N2O4. The number of aliphatic hydroxyl groups excluding tert-OH is 1. The number of halogens is 2. The fraction of sp³-hybridized carbons (Fsp3) is 0.381. The number of nitrogens with one attached hydrogen (secondary N) is 1. The molecule has 1 amide bonds. The minimum absolute atomic E-state index is 0.0759. The van der Waals surface area contributed by atoms with Gasteiger partial charge in [0.2, 0.25) is 5.91 Å². The summed E-state index contributed by atoms with van der Waals surface area (Å²) in [6, 6.07) is 12.3. The largest absolute Gasteiger partial charge is 0.489 e. The highest BCUT2D eigenvalue weighted by Crippen LogP contribution is 2.28. The molecule has 0 radical (unpaired) electrons. The number of β-amino-alcohol motifs (C(OH)–C–C–N with tert-alkyl or cyclic N) is 1. The van der Waals surface area contributed by atoms with Gasteiger partial charge in [0, 0.05) is 36.6 Å². The summed E-state index contributed by atoms with van der Waals surface area (Å²) >= 11 is 11.9. The van der Waals surface area contributed by atoms with E-state index < -0.39 is 6.10 Å². The van der Waals surface area contributed by atoms with E-state index in [2.05, 4.69) is 10.2 Å². The van der Waals surface area contributed by atoms with Crippen molar-refractivity contribution in [1.82, 2.24) is 4.90 Å². The number of hydrogen-bond donors (Lipinski definition) is 2. The predicted octanol–water partition coefficient (Wildman–Crippen LogP) is 3.84. The predicted molar refractivity (Wildman–Crippen MR) is 114 cm³/mol. The van der Waals surface area contributed by atoms with E-state index in [9.17, 15) is 9.90 Å². The zero-order valence-electron chi connectivity index (χ0n) is 16.1. The van der Waals surface area contributed by atoms with E-state index in [1.165, 1.54) is 6.92 Å². The summed E-state index contributed by atoms with van der Waals surface area (Å²) in [5, 5.41) is 14.2. The van der Waals surface area contributed by atoms with E-state index >= 15 is 0 Å². The molecule has 0 spiro atoms. The maximum absolute atomic E-state index is 11.3. The summed E-state index contributed by atoms with van der Waals surface area (Å²) in [7, 11) is 0. The van der Waals surface area contributed by atoms with Gasteiger partial charge in [0.25, 0.3) is 0 Å². The molecule has 0 bridgehead atoms. The minimum atomic E-state index is -0.676. The van der Waals surface area contributed by atoms with E-state index in [1.54, 1.807) is 30.3 Å². The van der Waals surface area contributed by atoms with E-state index in [-0.39, 0.29) is 18.6 Å². The molecule has 0 aliphatic carbocycles. The lowest BCUT2D eigenvalue weighted by molar-refractivity contribution is -0.114. The van der Waals surface area contributed by atoms with Gasteiger partial charge in [-0.1, -0.05) is 23.2 Å². The molecule has 29 heavy (non-hydrogen) atoms. The Morgan fingerprint density at radius 2 is 1.97 bits per heavy atom. The minimum Gasteiger partial charge on any atom is -0.489 e. The zero-order valence-corrected chi connectivity index (χ0v) is 17.6. The second kappa shape index (κ2) is 10.2. The Hall–Kier alpha value is -1.99. The van der Waals surface area contributed by atoms with Crippen LogP contribution in [0.4, 0.5) is 5.69 Å². The summed E-state index contributed by atoms with van der Waals surface area (Å²) in [6.07, 6.45) is 0.289. The lowest BCUT2D eigenvalue weighted by Crippen LogP contribution is -2.35. The van der Waals surface area contributed by atoms with Crippen LogP contribution in [0.25, 0.3) is 0 Å². The lowest BCUT2D eigenvalue weighted by atomic mass is 10.3. The number of aliphatic hydroxyl groups is 1. The summed E-state index contributed by atoms with van der Waals surface area (Å²) in [4.78, 5) is 13.5. The van der Waals surface area contributed by atoms with Crippen LogP contribution >= 0.6 is 23.2 Å². The maximum Gasteiger partial charge on any atom is 0.221 e. The van der Waals surface area contributed by atoms with Gasteiger partial charge >= 0.3 is 0 Å². The first-order valence-corrected chi connectivity index (χ1v) is 10.2. The molecular weight excluding hydrogens is 415 g/mol. The van der Waals surface area contributed by atoms with Gasteiger partial charge in [-0.2, -0.15) is 0 Å². The lowest BCUT2D eigenvalue weighted by Gasteiger charge is -2.21. The van der Waals surface area contributed by atoms with Crippen LogP contribution in [0.2, 0.25) is 10.0 Å². The third-order valence-electron chi connectivity index (χ3n) is 4.50. The molecule has 0 unspecified atom stereocenters. The van der Waals surface area contributed by atoms with Gasteiger partial charge in [0.1, 0.15) is 30.3 Å². The van der Waals surface area contributed by atoms with Crippen LogP contribution in [0.1, 0.15) is 13.3 Å². The van der Waals surface area contributed by atoms with Crippen molar-refractivity contribution < 1.29 is 19.4 Å². The summed E-state index contributed by atoms with van der Waals surface area (Å²) in [6.45, 7) is 3.57. The standard InChI is InChI=1S/C21H24Cl2N2O4/c1-14(26)24-20-10-16(23)4-7-21(20)28-13-17(27)11-25-9-8-19(12-25)29-18-5-2-15(22)3-6-18/h2-7,10,17,19,27H,8-9,11-13H2,1H3,(H,24,26)/t17-,19+/m1/s1. The average molecular weight is 439 g/mol. The monoisotopic (exact) mass is 438 g/mol. The third kappa shape index (κ3) is 6.78. The molecule has 1 fully saturated rings. The molecule has 1 aliphatic rings. The maximum atomic E-state index is 11.3. The normalized spacial score (nSPS) is 17.7. The Kier molecular flexibility index (Phi) is 7.61. The summed E-state index contributed by atoms with van der Waals surface area (Å²) in [5.74, 6) is 1.04. The van der Waals surface area contributed by atoms with Gasteiger partial charge in [-0.25, -0.2) is 0 Å². The number of amides is 1. The van der Waals surface area contributed by atoms with E-state index in [0.29, 0.717) is 28.0 Å². The second-order valence-corrected chi connectivity index (χ2v) is 7.90. The van der Waals surface area contributed by atoms with Crippen LogP contribution in [-0.4, -0.2) is 54.4 Å². The first-order valence-electron chi connectivity index (χ1n) is 9.41. The highest BCUT2D eigenvalue weighted by atomic mass is 35.5. The van der Waals surface area contributed by atoms with Crippen molar-refractivity contribution >= 4 is 34.8 Å². The van der Waals surface area contributed by atoms with Crippen molar-refractivity contribution in [3.05, 3.63) is 52.5 Å². The van der Waals surface area contributed by atoms with Gasteiger partial charge in [-0.05, 0) is 48.9 Å². The number of carbonyl (C=O) groups excluding carboxylic acids is 1. The van der Waals surface area contributed by atoms with Gasteiger partial charge in [-0.3, -0.25) is 9.69 Å². The first kappa shape index (κ1) is 21.7. The average Bonchev–Trinajstić information content (AvgIpc) is 3.09. The van der Waals surface area contributed by atoms with Crippen molar-refractivity contribution in [2.75, 3.05) is 31.6 Å². The molecule has 156 valence electrons. The molecule has 2 atom stereocenters. The SMILES string of the molecule is CC(=O)Nc1cc(Cl)ccc1OC[C@H](O)CN1CC[C@H](Oc2ccc(Cl)cc2)C1. The van der Waals surface area contributed by atoms with Crippen LogP contribution in [-0.2, 0) is 4.79 Å². The van der Waals surface area contributed by atoms with Crippen LogP contribution < -0.4 is 14.8 Å². The van der Waals surface area contributed by atoms with E-state index in [0.717, 1.165) is 25.3 Å². The number of likely N-dealkylation sites (tertiary alicyclic amines) is 1. The molecule has 3 rings (SSSR count). The molecule has 2 aromatic rings. The Bertz CT molecular complexity index is 832. The highest BCUT2D eigenvalue weighted by Gasteiger charge is 2.25. The van der Waals surface area contributed by atoms with E-state index in [4.69, 9.17) is 32.7 Å². The first-order chi connectivity index (χ1) is 13.9. The van der Waals surface area contributed by atoms with Crippen LogP contribution in [0.15, 0.2) is 42.5 Å². The number of benzene rings is 2. The molecule has 0 aromatic heterocycles. The molecule has 0 saturated carbocycles. The number of anilines is 1. The van der Waals surface area contributed by atoms with Gasteiger partial charge < -0.3 is 19.9 Å².